The molecule has 0 radical (unpaired) electrons. The number of nitro benzene ring substituents is 1. The van der Waals surface area contributed by atoms with Crippen LogP contribution in [0.25, 0.3) is 0 Å². The average molecular weight is 492 g/mol. The molecule has 11 heteroatoms. The number of rotatable bonds is 9. The molecule has 34 heavy (non-hydrogen) atoms. The summed E-state index contributed by atoms with van der Waals surface area (Å²) in [7, 11) is -2.61. The topological polar surface area (TPSA) is 146 Å². The van der Waals surface area contributed by atoms with Gasteiger partial charge in [-0.05, 0) is 43.5 Å². The third-order valence-corrected chi connectivity index (χ3v) is 8.77. The van der Waals surface area contributed by atoms with Crippen molar-refractivity contribution in [3.05, 3.63) is 69.5 Å². The quantitative estimate of drug-likeness (QED) is 0.415. The molecule has 0 spiro atoms. The Bertz CT molecular complexity index is 1210. The molecule has 0 heterocycles. The number of hydrogen-bond acceptors (Lipinski definition) is 8. The highest BCUT2D eigenvalue weighted by Gasteiger charge is 2.52. The van der Waals surface area contributed by atoms with Crippen molar-refractivity contribution in [2.24, 2.45) is 5.73 Å². The molecule has 0 saturated heterocycles. The van der Waals surface area contributed by atoms with Crippen LogP contribution in [0.2, 0.25) is 0 Å². The van der Waals surface area contributed by atoms with Crippen molar-refractivity contribution in [1.82, 2.24) is 0 Å². The number of nitrogens with zero attached hydrogens (tertiary/aromatic N) is 2. The van der Waals surface area contributed by atoms with Gasteiger partial charge in [-0.1, -0.05) is 12.1 Å². The van der Waals surface area contributed by atoms with E-state index < -0.39 is 48.4 Å². The van der Waals surface area contributed by atoms with Gasteiger partial charge in [0.1, 0.15) is 11.6 Å². The molecule has 3 atom stereocenters. The fourth-order valence-corrected chi connectivity index (χ4v) is 6.40. The van der Waals surface area contributed by atoms with E-state index in [0.717, 1.165) is 23.8 Å². The van der Waals surface area contributed by atoms with Gasteiger partial charge in [0, 0.05) is 24.1 Å². The van der Waals surface area contributed by atoms with Crippen LogP contribution in [-0.4, -0.2) is 37.1 Å². The summed E-state index contributed by atoms with van der Waals surface area (Å²) in [6, 6.07) is 11.9. The molecule has 0 aliphatic heterocycles. The number of halogens is 1. The fraction of sp³-hybridized carbons (Fsp3) is 0.435. The highest BCUT2D eigenvalue weighted by molar-refractivity contribution is 7.93. The molecule has 2 N–H and O–H groups in total. The summed E-state index contributed by atoms with van der Waals surface area (Å²) in [5.41, 5.74) is 4.54. The third-order valence-electron chi connectivity index (χ3n) is 6.14. The van der Waals surface area contributed by atoms with E-state index in [0.29, 0.717) is 12.2 Å². The smallest absolute Gasteiger partial charge is 0.269 e. The van der Waals surface area contributed by atoms with E-state index in [4.69, 9.17) is 15.2 Å². The maximum Gasteiger partial charge on any atom is 0.269 e. The number of ether oxygens (including phenoxy) is 2. The molecule has 2 aromatic carbocycles. The summed E-state index contributed by atoms with van der Waals surface area (Å²) in [4.78, 5) is 10.4. The summed E-state index contributed by atoms with van der Waals surface area (Å²) in [5.74, 6) is -0.912. The van der Waals surface area contributed by atoms with Crippen LogP contribution in [0.5, 0.6) is 5.75 Å². The standard InChI is InChI=1S/C23H26FN3O6S/c1-22(26,20-11-17(27(28)29)5-8-21(20)24)15-34(30,31)23(14-25)10-9-19(12-23)33-13-16-3-6-18(32-2)7-4-16/h3-8,11,19H,9-10,12-13,15,26H2,1-2H3/t19?,22-,23?/m0/s1. The summed E-state index contributed by atoms with van der Waals surface area (Å²) < 4.78 is 50.4. The monoisotopic (exact) mass is 491 g/mol. The number of hydrogen-bond donors (Lipinski definition) is 1. The minimum Gasteiger partial charge on any atom is -0.497 e. The molecule has 0 aromatic heterocycles. The van der Waals surface area contributed by atoms with Crippen molar-refractivity contribution in [2.45, 2.75) is 49.2 Å². The maximum absolute atomic E-state index is 14.4. The Labute approximate surface area is 197 Å². The van der Waals surface area contributed by atoms with Gasteiger partial charge in [0.25, 0.3) is 5.69 Å². The number of nitriles is 1. The van der Waals surface area contributed by atoms with Gasteiger partial charge in [-0.15, -0.1) is 0 Å². The Morgan fingerprint density at radius 1 is 1.32 bits per heavy atom. The lowest BCUT2D eigenvalue weighted by Crippen LogP contribution is -2.48. The summed E-state index contributed by atoms with van der Waals surface area (Å²) in [5, 5.41) is 20.9. The van der Waals surface area contributed by atoms with E-state index in [-0.39, 0.29) is 25.0 Å². The van der Waals surface area contributed by atoms with E-state index in [1.807, 2.05) is 18.2 Å². The first-order chi connectivity index (χ1) is 15.9. The molecule has 2 aromatic rings. The Balaban J connectivity index is 1.75. The van der Waals surface area contributed by atoms with Crippen molar-refractivity contribution in [2.75, 3.05) is 12.9 Å². The second-order valence-corrected chi connectivity index (χ2v) is 11.0. The SMILES string of the molecule is COc1ccc(COC2CCC(C#N)(S(=O)(=O)C[C@](C)(N)c3cc([N+](=O)[O-])ccc3F)C2)cc1. The van der Waals surface area contributed by atoms with Crippen LogP contribution in [0.4, 0.5) is 10.1 Å². The predicted octanol–water partition coefficient (Wildman–Crippen LogP) is 3.36. The number of methoxy groups -OCH3 is 1. The summed E-state index contributed by atoms with van der Waals surface area (Å²) in [6.45, 7) is 1.52. The van der Waals surface area contributed by atoms with Gasteiger partial charge in [0.05, 0.1) is 42.1 Å². The van der Waals surface area contributed by atoms with Crippen LogP contribution in [0.15, 0.2) is 42.5 Å². The zero-order chi connectivity index (χ0) is 25.1. The first kappa shape index (κ1) is 25.6. The second kappa shape index (κ2) is 9.66. The first-order valence-corrected chi connectivity index (χ1v) is 12.2. The lowest BCUT2D eigenvalue weighted by atomic mass is 9.94. The molecule has 0 amide bonds. The zero-order valence-electron chi connectivity index (χ0n) is 18.9. The molecular weight excluding hydrogens is 465 g/mol. The minimum atomic E-state index is -4.17. The Hall–Kier alpha value is -3.07. The lowest BCUT2D eigenvalue weighted by Gasteiger charge is -2.30. The van der Waals surface area contributed by atoms with Crippen LogP contribution in [0, 0.1) is 27.3 Å². The maximum atomic E-state index is 14.4. The van der Waals surface area contributed by atoms with Gasteiger partial charge in [-0.2, -0.15) is 5.26 Å². The normalized spacial score (nSPS) is 22.0. The van der Waals surface area contributed by atoms with E-state index in [1.54, 1.807) is 19.2 Å². The minimum absolute atomic E-state index is 0.0461. The van der Waals surface area contributed by atoms with Gasteiger partial charge in [-0.3, -0.25) is 10.1 Å². The molecule has 1 aliphatic carbocycles. The van der Waals surface area contributed by atoms with Crippen molar-refractivity contribution in [3.8, 4) is 11.8 Å². The largest absolute Gasteiger partial charge is 0.497 e. The number of nitro groups is 1. The van der Waals surface area contributed by atoms with Crippen LogP contribution in [0.1, 0.15) is 37.3 Å². The molecule has 1 saturated carbocycles. The molecule has 182 valence electrons. The van der Waals surface area contributed by atoms with Gasteiger partial charge >= 0.3 is 0 Å². The van der Waals surface area contributed by atoms with E-state index in [9.17, 15) is 28.2 Å². The fourth-order valence-electron chi connectivity index (χ4n) is 4.17. The van der Waals surface area contributed by atoms with Crippen molar-refractivity contribution < 1.29 is 27.2 Å². The highest BCUT2D eigenvalue weighted by Crippen LogP contribution is 2.41. The van der Waals surface area contributed by atoms with Gasteiger partial charge in [-0.25, -0.2) is 12.8 Å². The van der Waals surface area contributed by atoms with Crippen LogP contribution >= 0.6 is 0 Å². The number of sulfone groups is 1. The van der Waals surface area contributed by atoms with Crippen molar-refractivity contribution in [3.63, 3.8) is 0 Å². The summed E-state index contributed by atoms with van der Waals surface area (Å²) >= 11 is 0. The van der Waals surface area contributed by atoms with Crippen molar-refractivity contribution in [1.29, 1.82) is 5.26 Å². The summed E-state index contributed by atoms with van der Waals surface area (Å²) in [6.07, 6.45) is -0.104. The second-order valence-electron chi connectivity index (χ2n) is 8.73. The van der Waals surface area contributed by atoms with Crippen LogP contribution in [-0.2, 0) is 26.7 Å². The molecule has 9 nitrogen and oxygen atoms in total. The van der Waals surface area contributed by atoms with E-state index in [1.165, 1.54) is 6.92 Å². The zero-order valence-corrected chi connectivity index (χ0v) is 19.7. The van der Waals surface area contributed by atoms with Gasteiger partial charge in [0.15, 0.2) is 14.6 Å². The molecule has 0 bridgehead atoms. The number of non-ortho nitro benzene ring substituents is 1. The highest BCUT2D eigenvalue weighted by atomic mass is 32.2. The Kier molecular flexibility index (Phi) is 7.26. The first-order valence-electron chi connectivity index (χ1n) is 10.5. The molecule has 3 rings (SSSR count). The van der Waals surface area contributed by atoms with E-state index >= 15 is 0 Å². The predicted molar refractivity (Wildman–Crippen MR) is 122 cm³/mol. The van der Waals surface area contributed by atoms with Crippen LogP contribution < -0.4 is 10.5 Å². The lowest BCUT2D eigenvalue weighted by molar-refractivity contribution is -0.385. The number of benzene rings is 2. The van der Waals surface area contributed by atoms with Gasteiger partial charge in [0.2, 0.25) is 0 Å². The third kappa shape index (κ3) is 5.19. The molecule has 1 aliphatic rings. The Morgan fingerprint density at radius 2 is 2.00 bits per heavy atom. The van der Waals surface area contributed by atoms with E-state index in [2.05, 4.69) is 0 Å². The molecule has 1 fully saturated rings. The van der Waals surface area contributed by atoms with Gasteiger partial charge < -0.3 is 15.2 Å². The Morgan fingerprint density at radius 3 is 2.59 bits per heavy atom. The average Bonchev–Trinajstić information content (AvgIpc) is 3.23. The molecule has 2 unspecified atom stereocenters. The number of nitrogens with two attached hydrogens (primary N) is 1. The molecular formula is C23H26FN3O6S. The van der Waals surface area contributed by atoms with Crippen molar-refractivity contribution >= 4 is 15.5 Å². The van der Waals surface area contributed by atoms with Crippen LogP contribution in [0.3, 0.4) is 0 Å².